The van der Waals surface area contributed by atoms with Crippen LogP contribution < -0.4 is 11.1 Å². The minimum atomic E-state index is -4.65. The van der Waals surface area contributed by atoms with Gasteiger partial charge in [0.05, 0.1) is 21.7 Å². The lowest BCUT2D eigenvalue weighted by atomic mass is 9.82. The molecule has 0 aliphatic carbocycles. The Kier molecular flexibility index (Phi) is 6.23. The second-order valence-corrected chi connectivity index (χ2v) is 8.71. The molecule has 0 radical (unpaired) electrons. The molecular weight excluding hydrogens is 452 g/mol. The molecule has 11 heteroatoms. The maximum atomic E-state index is 14.8. The molecule has 0 fully saturated rings. The molecule has 1 aliphatic rings. The van der Waals surface area contributed by atoms with E-state index in [1.165, 1.54) is 12.1 Å². The largest absolute Gasteiger partial charge is 0.417 e. The standard InChI is InChI=1S/C21H21ClF4N4O2/c1-19(2)10-20(3,30-16(27)9-32-19)13-7-12(4-5-15(13)23)29-18(31)17-14(22)6-11(8-28-17)21(24,25)26/h4-8H,9-10H2,1-3H3,(H2,27,30)(H,29,31)/t20-/m0/s1. The predicted molar refractivity (Wildman–Crippen MR) is 112 cm³/mol. The molecule has 0 bridgehead atoms. The highest BCUT2D eigenvalue weighted by Gasteiger charge is 2.39. The summed E-state index contributed by atoms with van der Waals surface area (Å²) in [5.74, 6) is -1.21. The van der Waals surface area contributed by atoms with Gasteiger partial charge < -0.3 is 15.8 Å². The summed E-state index contributed by atoms with van der Waals surface area (Å²) >= 11 is 5.83. The van der Waals surface area contributed by atoms with E-state index in [9.17, 15) is 22.4 Å². The molecule has 32 heavy (non-hydrogen) atoms. The first-order valence-electron chi connectivity index (χ1n) is 9.52. The molecule has 1 aromatic heterocycles. The third-order valence-electron chi connectivity index (χ3n) is 4.96. The lowest BCUT2D eigenvalue weighted by Gasteiger charge is -2.33. The van der Waals surface area contributed by atoms with Gasteiger partial charge in [-0.25, -0.2) is 9.37 Å². The molecule has 0 spiro atoms. The van der Waals surface area contributed by atoms with Crippen molar-refractivity contribution in [3.63, 3.8) is 0 Å². The van der Waals surface area contributed by atoms with E-state index >= 15 is 0 Å². The number of aliphatic imine (C=N–C) groups is 1. The normalized spacial score (nSPS) is 20.9. The molecule has 0 saturated carbocycles. The van der Waals surface area contributed by atoms with Crippen molar-refractivity contribution >= 4 is 29.0 Å². The Morgan fingerprint density at radius 3 is 2.56 bits per heavy atom. The average molecular weight is 473 g/mol. The van der Waals surface area contributed by atoms with E-state index in [4.69, 9.17) is 22.1 Å². The molecule has 172 valence electrons. The number of amides is 1. The third kappa shape index (κ3) is 5.18. The second-order valence-electron chi connectivity index (χ2n) is 8.30. The molecule has 3 N–H and O–H groups in total. The Hall–Kier alpha value is -2.72. The van der Waals surface area contributed by atoms with Gasteiger partial charge in [-0.3, -0.25) is 9.79 Å². The zero-order chi connectivity index (χ0) is 23.9. The number of pyridine rings is 1. The molecule has 3 rings (SSSR count). The molecule has 0 saturated heterocycles. The fourth-order valence-electron chi connectivity index (χ4n) is 3.66. The van der Waals surface area contributed by atoms with Crippen molar-refractivity contribution in [1.82, 2.24) is 4.98 Å². The highest BCUT2D eigenvalue weighted by atomic mass is 35.5. The number of ether oxygens (including phenoxy) is 1. The summed E-state index contributed by atoms with van der Waals surface area (Å²) in [7, 11) is 0. The number of alkyl halides is 3. The van der Waals surface area contributed by atoms with Crippen LogP contribution in [0.25, 0.3) is 0 Å². The number of hydrogen-bond acceptors (Lipinski definition) is 5. The van der Waals surface area contributed by atoms with Crippen LogP contribution in [0.4, 0.5) is 23.2 Å². The van der Waals surface area contributed by atoms with Crippen molar-refractivity contribution in [1.29, 1.82) is 0 Å². The number of amidine groups is 1. The third-order valence-corrected chi connectivity index (χ3v) is 5.25. The summed E-state index contributed by atoms with van der Waals surface area (Å²) in [5, 5.41) is 2.02. The van der Waals surface area contributed by atoms with Gasteiger partial charge in [-0.2, -0.15) is 13.2 Å². The van der Waals surface area contributed by atoms with Gasteiger partial charge in [0.25, 0.3) is 5.91 Å². The zero-order valence-corrected chi connectivity index (χ0v) is 18.2. The van der Waals surface area contributed by atoms with Crippen molar-refractivity contribution in [2.45, 2.75) is 44.5 Å². The SMILES string of the molecule is CC1(C)C[C@@](C)(c2cc(NC(=O)c3ncc(C(F)(F)F)cc3Cl)ccc2F)N=C(N)CO1. The Balaban J connectivity index is 1.93. The summed E-state index contributed by atoms with van der Waals surface area (Å²) < 4.78 is 58.9. The van der Waals surface area contributed by atoms with Crippen LogP contribution in [0.2, 0.25) is 5.02 Å². The highest BCUT2D eigenvalue weighted by Crippen LogP contribution is 2.39. The van der Waals surface area contributed by atoms with Gasteiger partial charge in [0.1, 0.15) is 24.0 Å². The Bertz CT molecular complexity index is 1090. The minimum absolute atomic E-state index is 0.0960. The quantitative estimate of drug-likeness (QED) is 0.621. The highest BCUT2D eigenvalue weighted by molar-refractivity contribution is 6.34. The molecule has 1 amide bonds. The molecular formula is C21H21ClF4N4O2. The first-order valence-corrected chi connectivity index (χ1v) is 9.90. The predicted octanol–water partition coefficient (Wildman–Crippen LogP) is 4.92. The van der Waals surface area contributed by atoms with E-state index in [0.717, 1.165) is 6.07 Å². The molecule has 0 unspecified atom stereocenters. The van der Waals surface area contributed by atoms with E-state index in [1.54, 1.807) is 6.92 Å². The molecule has 6 nitrogen and oxygen atoms in total. The fourth-order valence-corrected chi connectivity index (χ4v) is 3.91. The van der Waals surface area contributed by atoms with Crippen molar-refractivity contribution in [2.75, 3.05) is 11.9 Å². The first-order chi connectivity index (χ1) is 14.7. The molecule has 1 atom stereocenters. The van der Waals surface area contributed by atoms with Crippen LogP contribution in [-0.4, -0.2) is 28.9 Å². The van der Waals surface area contributed by atoms with Gasteiger partial charge in [-0.05, 0) is 45.0 Å². The number of benzene rings is 1. The maximum Gasteiger partial charge on any atom is 0.417 e. The number of nitrogens with two attached hydrogens (primary N) is 1. The molecule has 2 heterocycles. The van der Waals surface area contributed by atoms with Crippen LogP contribution in [-0.2, 0) is 16.5 Å². The van der Waals surface area contributed by atoms with E-state index in [2.05, 4.69) is 15.3 Å². The summed E-state index contributed by atoms with van der Waals surface area (Å²) in [6, 6.07) is 4.47. The van der Waals surface area contributed by atoms with Crippen LogP contribution in [0, 0.1) is 5.82 Å². The summed E-state index contributed by atoms with van der Waals surface area (Å²) in [4.78, 5) is 20.5. The van der Waals surface area contributed by atoms with Crippen LogP contribution >= 0.6 is 11.6 Å². The van der Waals surface area contributed by atoms with Crippen molar-refractivity contribution < 1.29 is 27.1 Å². The Labute approximate surface area is 186 Å². The molecule has 1 aromatic carbocycles. The summed E-state index contributed by atoms with van der Waals surface area (Å²) in [6.45, 7) is 5.47. The number of carbonyl (C=O) groups excluding carboxylic acids is 1. The number of hydrogen-bond donors (Lipinski definition) is 2. The van der Waals surface area contributed by atoms with Gasteiger partial charge in [0.15, 0.2) is 0 Å². The topological polar surface area (TPSA) is 89.6 Å². The Morgan fingerprint density at radius 2 is 1.94 bits per heavy atom. The number of carbonyl (C=O) groups is 1. The summed E-state index contributed by atoms with van der Waals surface area (Å²) in [5.41, 5.74) is 3.04. The number of nitrogens with zero attached hydrogens (tertiary/aromatic N) is 2. The minimum Gasteiger partial charge on any atom is -0.386 e. The average Bonchev–Trinajstić information content (AvgIpc) is 2.77. The van der Waals surface area contributed by atoms with Gasteiger partial charge in [0.2, 0.25) is 0 Å². The number of aromatic nitrogens is 1. The molecule has 2 aromatic rings. The number of rotatable bonds is 3. The van der Waals surface area contributed by atoms with Crippen LogP contribution in [0.15, 0.2) is 35.5 Å². The number of halogens is 5. The van der Waals surface area contributed by atoms with Gasteiger partial charge >= 0.3 is 6.18 Å². The maximum absolute atomic E-state index is 14.8. The second kappa shape index (κ2) is 8.32. The first kappa shape index (κ1) is 23.9. The van der Waals surface area contributed by atoms with Crippen molar-refractivity contribution in [2.24, 2.45) is 10.7 Å². The van der Waals surface area contributed by atoms with Crippen molar-refractivity contribution in [3.8, 4) is 0 Å². The number of anilines is 1. The van der Waals surface area contributed by atoms with Gasteiger partial charge in [0, 0.05) is 23.9 Å². The van der Waals surface area contributed by atoms with E-state index in [1.807, 2.05) is 13.8 Å². The monoisotopic (exact) mass is 472 g/mol. The van der Waals surface area contributed by atoms with Crippen molar-refractivity contribution in [3.05, 3.63) is 58.1 Å². The fraction of sp³-hybridized carbons (Fsp3) is 0.381. The lowest BCUT2D eigenvalue weighted by Crippen LogP contribution is -2.33. The lowest BCUT2D eigenvalue weighted by molar-refractivity contribution is -0.137. The van der Waals surface area contributed by atoms with Gasteiger partial charge in [-0.15, -0.1) is 0 Å². The van der Waals surface area contributed by atoms with Crippen LogP contribution in [0.3, 0.4) is 0 Å². The summed E-state index contributed by atoms with van der Waals surface area (Å²) in [6.07, 6.45) is -3.82. The smallest absolute Gasteiger partial charge is 0.386 e. The Morgan fingerprint density at radius 1 is 1.25 bits per heavy atom. The van der Waals surface area contributed by atoms with E-state index < -0.39 is 45.3 Å². The van der Waals surface area contributed by atoms with E-state index in [-0.39, 0.29) is 23.7 Å². The van der Waals surface area contributed by atoms with Crippen LogP contribution in [0.1, 0.15) is 48.8 Å². The number of nitrogens with one attached hydrogen (secondary N) is 1. The van der Waals surface area contributed by atoms with Gasteiger partial charge in [-0.1, -0.05) is 11.6 Å². The molecule has 1 aliphatic heterocycles. The van der Waals surface area contributed by atoms with Crippen LogP contribution in [0.5, 0.6) is 0 Å². The zero-order valence-electron chi connectivity index (χ0n) is 17.5. The van der Waals surface area contributed by atoms with E-state index in [0.29, 0.717) is 18.7 Å².